The van der Waals surface area contributed by atoms with E-state index in [1.165, 1.54) is 5.56 Å². The van der Waals surface area contributed by atoms with E-state index in [1.807, 2.05) is 12.3 Å². The molecule has 0 fully saturated rings. The highest BCUT2D eigenvalue weighted by molar-refractivity contribution is 5.74. The van der Waals surface area contributed by atoms with Gasteiger partial charge in [0.25, 0.3) is 0 Å². The second-order valence-electron chi connectivity index (χ2n) is 4.10. The lowest BCUT2D eigenvalue weighted by molar-refractivity contribution is 0.707. The van der Waals surface area contributed by atoms with Gasteiger partial charge in [0.15, 0.2) is 0 Å². The SMILES string of the molecule is CCC(C)c1cnc2ccc(C)cc2n1. The first kappa shape index (κ1) is 10.1. The molecule has 0 saturated heterocycles. The quantitative estimate of drug-likeness (QED) is 0.742. The van der Waals surface area contributed by atoms with Crippen LogP contribution in [-0.2, 0) is 0 Å². The van der Waals surface area contributed by atoms with Crippen LogP contribution in [0, 0.1) is 6.92 Å². The van der Waals surface area contributed by atoms with E-state index in [9.17, 15) is 0 Å². The van der Waals surface area contributed by atoms with Crippen LogP contribution < -0.4 is 0 Å². The molecule has 78 valence electrons. The second-order valence-corrected chi connectivity index (χ2v) is 4.10. The van der Waals surface area contributed by atoms with Crippen LogP contribution >= 0.6 is 0 Å². The van der Waals surface area contributed by atoms with Crippen LogP contribution in [0.2, 0.25) is 0 Å². The van der Waals surface area contributed by atoms with Gasteiger partial charge in [0.2, 0.25) is 0 Å². The van der Waals surface area contributed by atoms with Gasteiger partial charge in [-0.05, 0) is 37.0 Å². The summed E-state index contributed by atoms with van der Waals surface area (Å²) in [5, 5.41) is 0. The average molecular weight is 200 g/mol. The van der Waals surface area contributed by atoms with Crippen molar-refractivity contribution in [1.82, 2.24) is 9.97 Å². The summed E-state index contributed by atoms with van der Waals surface area (Å²) in [5.41, 5.74) is 4.31. The maximum absolute atomic E-state index is 4.64. The van der Waals surface area contributed by atoms with Crippen molar-refractivity contribution in [2.75, 3.05) is 0 Å². The minimum absolute atomic E-state index is 0.488. The fourth-order valence-corrected chi connectivity index (χ4v) is 1.58. The smallest absolute Gasteiger partial charge is 0.0892 e. The van der Waals surface area contributed by atoms with E-state index in [0.717, 1.165) is 23.1 Å². The van der Waals surface area contributed by atoms with E-state index in [-0.39, 0.29) is 0 Å². The minimum Gasteiger partial charge on any atom is -0.253 e. The highest BCUT2D eigenvalue weighted by Gasteiger charge is 2.06. The van der Waals surface area contributed by atoms with Crippen LogP contribution in [0.15, 0.2) is 24.4 Å². The normalized spacial score (nSPS) is 13.0. The van der Waals surface area contributed by atoms with Crippen LogP contribution in [0.1, 0.15) is 37.4 Å². The molecular formula is C13H16N2. The molecule has 0 spiro atoms. The van der Waals surface area contributed by atoms with E-state index in [4.69, 9.17) is 0 Å². The summed E-state index contributed by atoms with van der Waals surface area (Å²) in [6.07, 6.45) is 3.00. The fraction of sp³-hybridized carbons (Fsp3) is 0.385. The molecule has 2 rings (SSSR count). The average Bonchev–Trinajstić information content (AvgIpc) is 2.27. The molecule has 2 aromatic rings. The zero-order chi connectivity index (χ0) is 10.8. The van der Waals surface area contributed by atoms with E-state index < -0.39 is 0 Å². The van der Waals surface area contributed by atoms with Crippen LogP contribution in [0.3, 0.4) is 0 Å². The molecule has 0 aliphatic heterocycles. The third-order valence-corrected chi connectivity index (χ3v) is 2.83. The fourth-order valence-electron chi connectivity index (χ4n) is 1.58. The first-order valence-electron chi connectivity index (χ1n) is 5.44. The van der Waals surface area contributed by atoms with Crippen molar-refractivity contribution in [2.45, 2.75) is 33.1 Å². The van der Waals surface area contributed by atoms with Gasteiger partial charge in [-0.3, -0.25) is 4.98 Å². The summed E-state index contributed by atoms with van der Waals surface area (Å²) in [7, 11) is 0. The Hall–Kier alpha value is -1.44. The number of nitrogens with zero attached hydrogens (tertiary/aromatic N) is 2. The molecule has 1 atom stereocenters. The van der Waals surface area contributed by atoms with E-state index >= 15 is 0 Å². The largest absolute Gasteiger partial charge is 0.253 e. The molecule has 1 unspecified atom stereocenters. The highest BCUT2D eigenvalue weighted by Crippen LogP contribution is 2.18. The van der Waals surface area contributed by atoms with Crippen molar-refractivity contribution in [1.29, 1.82) is 0 Å². The monoisotopic (exact) mass is 200 g/mol. The molecule has 0 aliphatic rings. The molecule has 15 heavy (non-hydrogen) atoms. The Labute approximate surface area is 90.4 Å². The topological polar surface area (TPSA) is 25.8 Å². The van der Waals surface area contributed by atoms with Gasteiger partial charge in [-0.2, -0.15) is 0 Å². The highest BCUT2D eigenvalue weighted by atomic mass is 14.8. The molecule has 1 heterocycles. The van der Waals surface area contributed by atoms with Crippen LogP contribution in [0.25, 0.3) is 11.0 Å². The first-order chi connectivity index (χ1) is 7.20. The molecule has 2 heteroatoms. The standard InChI is InChI=1S/C13H16N2/c1-4-10(3)13-8-14-11-6-5-9(2)7-12(11)15-13/h5-8,10H,4H2,1-3H3. The second kappa shape index (κ2) is 3.97. The van der Waals surface area contributed by atoms with Crippen molar-refractivity contribution in [3.05, 3.63) is 35.7 Å². The first-order valence-corrected chi connectivity index (χ1v) is 5.44. The number of hydrogen-bond acceptors (Lipinski definition) is 2. The van der Waals surface area contributed by atoms with Crippen LogP contribution in [0.4, 0.5) is 0 Å². The Bertz CT molecular complexity index is 477. The summed E-state index contributed by atoms with van der Waals surface area (Å²) >= 11 is 0. The third-order valence-electron chi connectivity index (χ3n) is 2.83. The maximum atomic E-state index is 4.64. The van der Waals surface area contributed by atoms with Gasteiger partial charge >= 0.3 is 0 Å². The Kier molecular flexibility index (Phi) is 2.67. The van der Waals surface area contributed by atoms with Gasteiger partial charge < -0.3 is 0 Å². The molecule has 2 nitrogen and oxygen atoms in total. The Morgan fingerprint density at radius 2 is 2.07 bits per heavy atom. The zero-order valence-corrected chi connectivity index (χ0v) is 9.49. The molecule has 1 aromatic carbocycles. The number of hydrogen-bond donors (Lipinski definition) is 0. The number of aromatic nitrogens is 2. The molecule has 0 N–H and O–H groups in total. The van der Waals surface area contributed by atoms with E-state index in [0.29, 0.717) is 5.92 Å². The Balaban J connectivity index is 2.54. The summed E-state index contributed by atoms with van der Waals surface area (Å²) in [6.45, 7) is 6.44. The van der Waals surface area contributed by atoms with Crippen molar-refractivity contribution < 1.29 is 0 Å². The number of rotatable bonds is 2. The lowest BCUT2D eigenvalue weighted by Gasteiger charge is -2.08. The van der Waals surface area contributed by atoms with Gasteiger partial charge in [0.05, 0.1) is 16.7 Å². The van der Waals surface area contributed by atoms with Crippen molar-refractivity contribution in [3.63, 3.8) is 0 Å². The van der Waals surface area contributed by atoms with Crippen molar-refractivity contribution >= 4 is 11.0 Å². The van der Waals surface area contributed by atoms with Crippen molar-refractivity contribution in [2.24, 2.45) is 0 Å². The van der Waals surface area contributed by atoms with Gasteiger partial charge in [0, 0.05) is 6.20 Å². The molecule has 0 radical (unpaired) electrons. The molecule has 0 amide bonds. The lowest BCUT2D eigenvalue weighted by Crippen LogP contribution is -1.97. The van der Waals surface area contributed by atoms with Gasteiger partial charge in [-0.15, -0.1) is 0 Å². The summed E-state index contributed by atoms with van der Waals surface area (Å²) in [4.78, 5) is 9.07. The van der Waals surface area contributed by atoms with E-state index in [1.54, 1.807) is 0 Å². The number of benzene rings is 1. The molecule has 1 aromatic heterocycles. The van der Waals surface area contributed by atoms with Crippen LogP contribution in [-0.4, -0.2) is 9.97 Å². The molecular weight excluding hydrogens is 184 g/mol. The van der Waals surface area contributed by atoms with Gasteiger partial charge in [-0.1, -0.05) is 19.9 Å². The minimum atomic E-state index is 0.488. The van der Waals surface area contributed by atoms with Gasteiger partial charge in [-0.25, -0.2) is 4.98 Å². The lowest BCUT2D eigenvalue weighted by atomic mass is 10.1. The van der Waals surface area contributed by atoms with Gasteiger partial charge in [0.1, 0.15) is 0 Å². The maximum Gasteiger partial charge on any atom is 0.0892 e. The zero-order valence-electron chi connectivity index (χ0n) is 9.49. The molecule has 0 bridgehead atoms. The Morgan fingerprint density at radius 1 is 1.27 bits per heavy atom. The number of aryl methyl sites for hydroxylation is 1. The predicted molar refractivity (Wildman–Crippen MR) is 63.0 cm³/mol. The van der Waals surface area contributed by atoms with Crippen LogP contribution in [0.5, 0.6) is 0 Å². The molecule has 0 aliphatic carbocycles. The summed E-state index contributed by atoms with van der Waals surface area (Å²) < 4.78 is 0. The predicted octanol–water partition coefficient (Wildman–Crippen LogP) is 3.45. The Morgan fingerprint density at radius 3 is 2.80 bits per heavy atom. The molecule has 0 saturated carbocycles. The summed E-state index contributed by atoms with van der Waals surface area (Å²) in [6, 6.07) is 6.19. The number of fused-ring (bicyclic) bond motifs is 1. The third kappa shape index (κ3) is 1.99. The summed E-state index contributed by atoms with van der Waals surface area (Å²) in [5.74, 6) is 0.488. The van der Waals surface area contributed by atoms with E-state index in [2.05, 4.69) is 42.9 Å². The van der Waals surface area contributed by atoms with Crippen molar-refractivity contribution in [3.8, 4) is 0 Å².